The molecule has 1 aromatic carbocycles. The molecule has 3 nitrogen and oxygen atoms in total. The molecule has 0 bridgehead atoms. The minimum Gasteiger partial charge on any atom is -0.399 e. The van der Waals surface area contributed by atoms with Crippen LogP contribution in [0.2, 0.25) is 0 Å². The van der Waals surface area contributed by atoms with E-state index in [0.29, 0.717) is 17.8 Å². The Hall–Kier alpha value is -1.72. The second-order valence-electron chi connectivity index (χ2n) is 4.01. The summed E-state index contributed by atoms with van der Waals surface area (Å²) in [5, 5.41) is 2.59. The van der Waals surface area contributed by atoms with E-state index in [0.717, 1.165) is 5.56 Å². The van der Waals surface area contributed by atoms with Crippen LogP contribution in [0.5, 0.6) is 0 Å². The maximum atomic E-state index is 12.3. The number of hydrogen-bond donors (Lipinski definition) is 2. The van der Waals surface area contributed by atoms with Gasteiger partial charge in [0.05, 0.1) is 6.04 Å². The van der Waals surface area contributed by atoms with E-state index in [1.54, 1.807) is 18.2 Å². The van der Waals surface area contributed by atoms with Crippen LogP contribution in [0, 0.1) is 0 Å². The highest BCUT2D eigenvalue weighted by Crippen LogP contribution is 2.30. The monoisotopic (exact) mass is 244 g/mol. The zero-order chi connectivity index (χ0) is 12.6. The number of Topliss-reactive ketones (excluding diaryl/α,β-unsaturated/α-hetero) is 1. The van der Waals surface area contributed by atoms with Gasteiger partial charge in [0.15, 0.2) is 0 Å². The number of aryl methyl sites for hydroxylation is 1. The lowest BCUT2D eigenvalue weighted by Crippen LogP contribution is -2.41. The molecule has 1 unspecified atom stereocenters. The van der Waals surface area contributed by atoms with Crippen LogP contribution in [-0.2, 0) is 11.2 Å². The Kier molecular flexibility index (Phi) is 2.73. The Bertz CT molecular complexity index is 457. The van der Waals surface area contributed by atoms with Crippen molar-refractivity contribution in [3.05, 3.63) is 23.8 Å². The van der Waals surface area contributed by atoms with Crippen LogP contribution < -0.4 is 11.1 Å². The fourth-order valence-electron chi connectivity index (χ4n) is 1.90. The third kappa shape index (κ3) is 2.35. The highest BCUT2D eigenvalue weighted by atomic mass is 19.4. The summed E-state index contributed by atoms with van der Waals surface area (Å²) in [4.78, 5) is 11.1. The summed E-state index contributed by atoms with van der Waals surface area (Å²) in [6.07, 6.45) is -4.21. The van der Waals surface area contributed by atoms with Crippen LogP contribution in [0.3, 0.4) is 0 Å². The average molecular weight is 244 g/mol. The van der Waals surface area contributed by atoms with E-state index >= 15 is 0 Å². The number of rotatable bonds is 1. The molecule has 0 amide bonds. The number of carbonyl (C=O) groups excluding carboxylic acids is 1. The molecule has 0 fully saturated rings. The SMILES string of the molecule is Nc1ccc2c(c1)NC(C(=O)C(F)(F)F)CC2. The Morgan fingerprint density at radius 2 is 2.12 bits per heavy atom. The second-order valence-corrected chi connectivity index (χ2v) is 4.01. The molecule has 0 spiro atoms. The van der Waals surface area contributed by atoms with Crippen molar-refractivity contribution in [1.29, 1.82) is 0 Å². The number of nitrogens with two attached hydrogens (primary N) is 1. The molecule has 17 heavy (non-hydrogen) atoms. The fraction of sp³-hybridized carbons (Fsp3) is 0.364. The van der Waals surface area contributed by atoms with E-state index in [2.05, 4.69) is 5.32 Å². The number of hydrogen-bond acceptors (Lipinski definition) is 3. The van der Waals surface area contributed by atoms with Gasteiger partial charge in [0.1, 0.15) is 0 Å². The van der Waals surface area contributed by atoms with Gasteiger partial charge in [-0.05, 0) is 30.5 Å². The van der Waals surface area contributed by atoms with Crippen molar-refractivity contribution in [1.82, 2.24) is 0 Å². The Labute approximate surface area is 95.8 Å². The molecule has 1 atom stereocenters. The highest BCUT2D eigenvalue weighted by Gasteiger charge is 2.44. The van der Waals surface area contributed by atoms with Gasteiger partial charge in [-0.2, -0.15) is 13.2 Å². The molecule has 1 aliphatic heterocycles. The molecule has 0 saturated carbocycles. The van der Waals surface area contributed by atoms with Gasteiger partial charge in [-0.1, -0.05) is 6.07 Å². The van der Waals surface area contributed by atoms with Crippen molar-refractivity contribution in [2.45, 2.75) is 25.1 Å². The summed E-state index contributed by atoms with van der Waals surface area (Å²) in [6.45, 7) is 0. The molecule has 92 valence electrons. The van der Waals surface area contributed by atoms with E-state index in [-0.39, 0.29) is 6.42 Å². The summed E-state index contributed by atoms with van der Waals surface area (Å²) in [6, 6.07) is 3.79. The molecule has 3 N–H and O–H groups in total. The first-order valence-electron chi connectivity index (χ1n) is 5.14. The number of halogens is 3. The minimum atomic E-state index is -4.80. The Morgan fingerprint density at radius 3 is 2.76 bits per heavy atom. The summed E-state index contributed by atoms with van der Waals surface area (Å²) in [5.74, 6) is -1.73. The normalized spacial score (nSPS) is 19.4. The number of carbonyl (C=O) groups is 1. The van der Waals surface area contributed by atoms with Crippen LogP contribution in [-0.4, -0.2) is 18.0 Å². The lowest BCUT2D eigenvalue weighted by atomic mass is 9.95. The number of anilines is 2. The largest absolute Gasteiger partial charge is 0.452 e. The van der Waals surface area contributed by atoms with Crippen molar-refractivity contribution in [3.8, 4) is 0 Å². The summed E-state index contributed by atoms with van der Waals surface area (Å²) >= 11 is 0. The van der Waals surface area contributed by atoms with Crippen molar-refractivity contribution in [2.75, 3.05) is 11.1 Å². The first-order valence-corrected chi connectivity index (χ1v) is 5.14. The van der Waals surface area contributed by atoms with Crippen LogP contribution in [0.4, 0.5) is 24.5 Å². The summed E-state index contributed by atoms with van der Waals surface area (Å²) in [7, 11) is 0. The van der Waals surface area contributed by atoms with Gasteiger partial charge in [0.2, 0.25) is 0 Å². The molecular weight excluding hydrogens is 233 g/mol. The van der Waals surface area contributed by atoms with Crippen molar-refractivity contribution in [3.63, 3.8) is 0 Å². The number of benzene rings is 1. The molecule has 2 rings (SSSR count). The highest BCUT2D eigenvalue weighted by molar-refractivity contribution is 5.92. The molecule has 6 heteroatoms. The lowest BCUT2D eigenvalue weighted by molar-refractivity contribution is -0.172. The third-order valence-corrected chi connectivity index (χ3v) is 2.76. The smallest absolute Gasteiger partial charge is 0.399 e. The van der Waals surface area contributed by atoms with E-state index in [4.69, 9.17) is 5.73 Å². The second kappa shape index (κ2) is 3.94. The van der Waals surface area contributed by atoms with E-state index in [9.17, 15) is 18.0 Å². The van der Waals surface area contributed by atoms with Crippen LogP contribution in [0.15, 0.2) is 18.2 Å². The van der Waals surface area contributed by atoms with Gasteiger partial charge in [-0.15, -0.1) is 0 Å². The number of nitrogens with one attached hydrogen (secondary N) is 1. The third-order valence-electron chi connectivity index (χ3n) is 2.76. The quantitative estimate of drug-likeness (QED) is 0.744. The van der Waals surface area contributed by atoms with Gasteiger partial charge in [-0.25, -0.2) is 0 Å². The topological polar surface area (TPSA) is 55.1 Å². The molecule has 0 aliphatic carbocycles. The molecule has 0 aromatic heterocycles. The van der Waals surface area contributed by atoms with E-state index in [1.807, 2.05) is 0 Å². The molecule has 1 aliphatic rings. The van der Waals surface area contributed by atoms with Crippen molar-refractivity contribution >= 4 is 17.2 Å². The predicted octanol–water partition coefficient (Wildman–Crippen LogP) is 2.13. The lowest BCUT2D eigenvalue weighted by Gasteiger charge is -2.26. The first-order chi connectivity index (χ1) is 7.88. The van der Waals surface area contributed by atoms with Gasteiger partial charge in [0.25, 0.3) is 5.78 Å². The molecule has 0 radical (unpaired) electrons. The molecule has 1 heterocycles. The number of nitrogen functional groups attached to an aromatic ring is 1. The average Bonchev–Trinajstić information content (AvgIpc) is 2.25. The van der Waals surface area contributed by atoms with Crippen molar-refractivity contribution in [2.24, 2.45) is 0 Å². The minimum absolute atomic E-state index is 0.148. The van der Waals surface area contributed by atoms with Crippen LogP contribution in [0.1, 0.15) is 12.0 Å². The molecular formula is C11H11F3N2O. The van der Waals surface area contributed by atoms with Crippen molar-refractivity contribution < 1.29 is 18.0 Å². The number of ketones is 1. The summed E-state index contributed by atoms with van der Waals surface area (Å²) in [5.41, 5.74) is 7.39. The predicted molar refractivity (Wildman–Crippen MR) is 57.6 cm³/mol. The maximum Gasteiger partial charge on any atom is 0.452 e. The fourth-order valence-corrected chi connectivity index (χ4v) is 1.90. The Balaban J connectivity index is 2.21. The zero-order valence-corrected chi connectivity index (χ0v) is 8.84. The molecule has 0 saturated heterocycles. The number of alkyl halides is 3. The van der Waals surface area contributed by atoms with E-state index in [1.165, 1.54) is 0 Å². The van der Waals surface area contributed by atoms with Gasteiger partial charge in [-0.3, -0.25) is 4.79 Å². The number of fused-ring (bicyclic) bond motifs is 1. The zero-order valence-electron chi connectivity index (χ0n) is 8.84. The Morgan fingerprint density at radius 1 is 1.41 bits per heavy atom. The van der Waals surface area contributed by atoms with Crippen LogP contribution >= 0.6 is 0 Å². The maximum absolute atomic E-state index is 12.3. The van der Waals surface area contributed by atoms with Gasteiger partial charge >= 0.3 is 6.18 Å². The standard InChI is InChI=1S/C11H11F3N2O/c12-11(13,14)10(17)8-4-2-6-1-3-7(15)5-9(6)16-8/h1,3,5,8,16H,2,4,15H2. The van der Waals surface area contributed by atoms with Crippen LogP contribution in [0.25, 0.3) is 0 Å². The van der Waals surface area contributed by atoms with Gasteiger partial charge < -0.3 is 11.1 Å². The summed E-state index contributed by atoms with van der Waals surface area (Å²) < 4.78 is 36.8. The van der Waals surface area contributed by atoms with E-state index < -0.39 is 18.0 Å². The van der Waals surface area contributed by atoms with Gasteiger partial charge in [0, 0.05) is 11.4 Å². The molecule has 1 aromatic rings. The first kappa shape index (κ1) is 11.8.